The number of rotatable bonds is 10. The largest absolute Gasteiger partial charge is 0.496 e. The molecule has 0 aliphatic heterocycles. The number of terminal acetylenes is 1. The van der Waals surface area contributed by atoms with Crippen LogP contribution in [0, 0.1) is 12.8 Å². The van der Waals surface area contributed by atoms with Gasteiger partial charge in [0.05, 0.1) is 13.7 Å². The standard InChI is InChI=1S/C27H28F2N2O3.C2H2/c1-33-25-10-9-20(14-23(25)22-11-12-30-26(15-22)34-27(28)29)13-18-5-7-19(8-6-18)16-31-24(17-32)21-3-2-4-21;1-2/h5-12,14-15,27,31-32H,2-4,13,16-17H2,1H3;1-2H. The van der Waals surface area contributed by atoms with E-state index < -0.39 is 6.61 Å². The van der Waals surface area contributed by atoms with E-state index in [2.05, 4.69) is 52.1 Å². The van der Waals surface area contributed by atoms with Gasteiger partial charge in [0.15, 0.2) is 0 Å². The minimum absolute atomic E-state index is 0.0560. The minimum Gasteiger partial charge on any atom is -0.496 e. The third-order valence-electron chi connectivity index (χ3n) is 6.00. The molecule has 2 aromatic carbocycles. The maximum absolute atomic E-state index is 12.6. The zero-order chi connectivity index (χ0) is 25.9. The molecule has 5 nitrogen and oxygen atoms in total. The first-order chi connectivity index (χ1) is 17.6. The highest BCUT2D eigenvalue weighted by molar-refractivity contribution is 5.72. The molecule has 1 fully saturated rings. The lowest BCUT2D eigenvalue weighted by molar-refractivity contribution is -0.0528. The molecule has 0 bridgehead atoms. The summed E-state index contributed by atoms with van der Waals surface area (Å²) in [6.07, 6.45) is 13.5. The lowest BCUT2D eigenvalue weighted by Gasteiger charge is -2.22. The van der Waals surface area contributed by atoms with Gasteiger partial charge in [0.2, 0.25) is 5.88 Å². The molecule has 1 aliphatic carbocycles. The third kappa shape index (κ3) is 7.06. The molecule has 0 unspecified atom stereocenters. The molecule has 4 rings (SSSR count). The molecule has 188 valence electrons. The molecule has 1 aliphatic rings. The van der Waals surface area contributed by atoms with Crippen molar-refractivity contribution < 1.29 is 23.4 Å². The second kappa shape index (κ2) is 13.3. The molecule has 0 saturated heterocycles. The Labute approximate surface area is 210 Å². The van der Waals surface area contributed by atoms with Crippen LogP contribution in [0.2, 0.25) is 0 Å². The Hall–Kier alpha value is -3.89. The number of nitrogens with zero attached hydrogens (tertiary/aromatic N) is 1. The number of nitrogens with one attached hydrogen (secondary N) is 1. The smallest absolute Gasteiger partial charge is 0.388 e. The average Bonchev–Trinajstić information content (AvgIpc) is 2.87. The molecule has 1 aromatic heterocycles. The Morgan fingerprint density at radius 3 is 2.33 bits per heavy atom. The van der Waals surface area contributed by atoms with Crippen molar-refractivity contribution in [2.45, 2.75) is 38.8 Å². The number of hydrogen-bond acceptors (Lipinski definition) is 5. The summed E-state index contributed by atoms with van der Waals surface area (Å²) in [5.74, 6) is 0.501. The van der Waals surface area contributed by atoms with Gasteiger partial charge in [-0.05, 0) is 71.7 Å². The van der Waals surface area contributed by atoms with Crippen LogP contribution in [0.25, 0.3) is 11.1 Å². The lowest BCUT2D eigenvalue weighted by Crippen LogP contribution is -2.20. The number of pyridine rings is 1. The Morgan fingerprint density at radius 1 is 1.03 bits per heavy atom. The van der Waals surface area contributed by atoms with Gasteiger partial charge in [-0.2, -0.15) is 8.78 Å². The van der Waals surface area contributed by atoms with Crippen LogP contribution in [0.3, 0.4) is 0 Å². The number of ether oxygens (including phenoxy) is 2. The molecule has 36 heavy (non-hydrogen) atoms. The van der Waals surface area contributed by atoms with Crippen LogP contribution in [0.15, 0.2) is 72.1 Å². The van der Waals surface area contributed by atoms with Crippen molar-refractivity contribution in [3.63, 3.8) is 0 Å². The first-order valence-electron chi connectivity index (χ1n) is 11.6. The molecule has 0 amide bonds. The highest BCUT2D eigenvalue weighted by atomic mass is 19.3. The SMILES string of the molecule is C#C.COc1ccc(Cc2ccc(CNC(CO)=C3CCC3)cc2)cc1-c1ccnc(OC(F)F)c1. The molecule has 3 aromatic rings. The number of aliphatic hydroxyl groups is 1. The molecule has 0 atom stereocenters. The van der Waals surface area contributed by atoms with Crippen LogP contribution < -0.4 is 14.8 Å². The Balaban J connectivity index is 0.00000176. The van der Waals surface area contributed by atoms with E-state index in [0.29, 0.717) is 24.3 Å². The lowest BCUT2D eigenvalue weighted by atomic mass is 9.90. The van der Waals surface area contributed by atoms with Gasteiger partial charge in [-0.1, -0.05) is 30.3 Å². The second-order valence-electron chi connectivity index (χ2n) is 8.24. The van der Waals surface area contributed by atoms with Crippen LogP contribution in [-0.4, -0.2) is 30.4 Å². The normalized spacial score (nSPS) is 12.2. The summed E-state index contributed by atoms with van der Waals surface area (Å²) in [6, 6.07) is 17.4. The monoisotopic (exact) mass is 492 g/mol. The van der Waals surface area contributed by atoms with E-state index in [9.17, 15) is 13.9 Å². The summed E-state index contributed by atoms with van der Waals surface area (Å²) in [4.78, 5) is 3.84. The van der Waals surface area contributed by atoms with Crippen molar-refractivity contribution in [2.75, 3.05) is 13.7 Å². The Kier molecular flexibility index (Phi) is 9.84. The fraction of sp³-hybridized carbons (Fsp3) is 0.276. The minimum atomic E-state index is -2.93. The summed E-state index contributed by atoms with van der Waals surface area (Å²) in [5, 5.41) is 12.9. The second-order valence-corrected chi connectivity index (χ2v) is 8.24. The maximum atomic E-state index is 12.6. The van der Waals surface area contributed by atoms with Crippen LogP contribution in [-0.2, 0) is 13.0 Å². The summed E-state index contributed by atoms with van der Waals surface area (Å²) < 4.78 is 35.1. The van der Waals surface area contributed by atoms with Crippen LogP contribution in [0.1, 0.15) is 36.0 Å². The van der Waals surface area contributed by atoms with Crippen molar-refractivity contribution >= 4 is 0 Å². The number of alkyl halides is 2. The molecule has 0 spiro atoms. The molecule has 7 heteroatoms. The number of aromatic nitrogens is 1. The van der Waals surface area contributed by atoms with Gasteiger partial charge in [-0.25, -0.2) is 4.98 Å². The number of aliphatic hydroxyl groups excluding tert-OH is 1. The molecule has 0 radical (unpaired) electrons. The number of halogens is 2. The number of hydrogen-bond donors (Lipinski definition) is 2. The van der Waals surface area contributed by atoms with E-state index in [1.54, 1.807) is 13.2 Å². The van der Waals surface area contributed by atoms with Gasteiger partial charge in [0.25, 0.3) is 0 Å². The fourth-order valence-electron chi connectivity index (χ4n) is 3.99. The Bertz CT molecular complexity index is 1180. The zero-order valence-corrected chi connectivity index (χ0v) is 20.2. The molecule has 1 heterocycles. The van der Waals surface area contributed by atoms with Gasteiger partial charge in [0, 0.05) is 30.1 Å². The maximum Gasteiger partial charge on any atom is 0.388 e. The zero-order valence-electron chi connectivity index (χ0n) is 20.2. The first-order valence-corrected chi connectivity index (χ1v) is 11.6. The highest BCUT2D eigenvalue weighted by Gasteiger charge is 2.14. The van der Waals surface area contributed by atoms with Gasteiger partial charge in [-0.15, -0.1) is 12.8 Å². The van der Waals surface area contributed by atoms with Crippen LogP contribution >= 0.6 is 0 Å². The van der Waals surface area contributed by atoms with Crippen LogP contribution in [0.5, 0.6) is 11.6 Å². The van der Waals surface area contributed by atoms with E-state index in [1.807, 2.05) is 18.2 Å². The van der Waals surface area contributed by atoms with Crippen molar-refractivity contribution in [3.05, 3.63) is 88.8 Å². The van der Waals surface area contributed by atoms with E-state index in [0.717, 1.165) is 40.8 Å². The van der Waals surface area contributed by atoms with E-state index in [1.165, 1.54) is 24.3 Å². The van der Waals surface area contributed by atoms with Gasteiger partial charge >= 0.3 is 6.61 Å². The highest BCUT2D eigenvalue weighted by Crippen LogP contribution is 2.33. The summed E-state index contributed by atoms with van der Waals surface area (Å²) in [7, 11) is 1.58. The molecule has 2 N–H and O–H groups in total. The van der Waals surface area contributed by atoms with Crippen molar-refractivity contribution in [2.24, 2.45) is 0 Å². The number of methoxy groups -OCH3 is 1. The van der Waals surface area contributed by atoms with E-state index in [-0.39, 0.29) is 12.5 Å². The van der Waals surface area contributed by atoms with Crippen molar-refractivity contribution in [1.82, 2.24) is 10.3 Å². The van der Waals surface area contributed by atoms with Crippen molar-refractivity contribution in [3.8, 4) is 35.6 Å². The molecular weight excluding hydrogens is 462 g/mol. The number of allylic oxidation sites excluding steroid dienone is 1. The van der Waals surface area contributed by atoms with Crippen molar-refractivity contribution in [1.29, 1.82) is 0 Å². The Morgan fingerprint density at radius 2 is 1.72 bits per heavy atom. The topological polar surface area (TPSA) is 63.6 Å². The average molecular weight is 493 g/mol. The quantitative estimate of drug-likeness (QED) is 0.355. The van der Waals surface area contributed by atoms with E-state index in [4.69, 9.17) is 4.74 Å². The summed E-state index contributed by atoms with van der Waals surface area (Å²) >= 11 is 0. The molecule has 1 saturated carbocycles. The predicted octanol–water partition coefficient (Wildman–Crippen LogP) is 5.72. The molecular formula is C29H30F2N2O3. The summed E-state index contributed by atoms with van der Waals surface area (Å²) in [5.41, 5.74) is 7.11. The predicted molar refractivity (Wildman–Crippen MR) is 137 cm³/mol. The summed E-state index contributed by atoms with van der Waals surface area (Å²) in [6.45, 7) is -2.20. The van der Waals surface area contributed by atoms with Gasteiger partial charge in [0.1, 0.15) is 5.75 Å². The number of benzene rings is 2. The van der Waals surface area contributed by atoms with Gasteiger partial charge in [-0.3, -0.25) is 0 Å². The van der Waals surface area contributed by atoms with E-state index >= 15 is 0 Å². The van der Waals surface area contributed by atoms with Crippen LogP contribution in [0.4, 0.5) is 8.78 Å². The third-order valence-corrected chi connectivity index (χ3v) is 6.00. The first kappa shape index (κ1) is 26.7. The van der Waals surface area contributed by atoms with Gasteiger partial charge < -0.3 is 19.9 Å². The fourth-order valence-corrected chi connectivity index (χ4v) is 3.99.